The molecule has 1 aromatic carbocycles. The lowest BCUT2D eigenvalue weighted by Gasteiger charge is -2.46. The molecule has 4 atom stereocenters. The molecule has 4 aliphatic heterocycles. The van der Waals surface area contributed by atoms with Crippen LogP contribution in [0, 0.1) is 0 Å². The molecular weight excluding hydrogens is 532 g/mol. The van der Waals surface area contributed by atoms with E-state index in [-0.39, 0.29) is 30.4 Å². The van der Waals surface area contributed by atoms with E-state index >= 15 is 0 Å². The number of rotatable bonds is 5. The van der Waals surface area contributed by atoms with Crippen LogP contribution < -0.4 is 37.1 Å². The maximum Gasteiger partial charge on any atom is 0.343 e. The van der Waals surface area contributed by atoms with Gasteiger partial charge in [0.15, 0.2) is 12.0 Å². The number of nitrogens with two attached hydrogens (primary N) is 2. The highest BCUT2D eigenvalue weighted by atomic mass is 16.5. The van der Waals surface area contributed by atoms with Crippen molar-refractivity contribution in [3.05, 3.63) is 53.3 Å². The molecule has 15 heteroatoms. The monoisotopic (exact) mass is 565 g/mol. The Kier molecular flexibility index (Phi) is 6.04. The van der Waals surface area contributed by atoms with Crippen LogP contribution in [-0.4, -0.2) is 98.3 Å². The second kappa shape index (κ2) is 9.27. The molecule has 216 valence electrons. The third-order valence-electron chi connectivity index (χ3n) is 8.47. The highest BCUT2D eigenvalue weighted by molar-refractivity contribution is 5.98. The molecule has 41 heavy (non-hydrogen) atoms. The first-order valence-electron chi connectivity index (χ1n) is 13.3. The average molecular weight is 566 g/mol. The number of nitrogens with zero attached hydrogens (tertiary/aromatic N) is 4. The van der Waals surface area contributed by atoms with Gasteiger partial charge in [-0.3, -0.25) is 25.2 Å². The summed E-state index contributed by atoms with van der Waals surface area (Å²) in [5.41, 5.74) is 12.1. The number of nitrogens with one attached hydrogen (secondary N) is 4. The van der Waals surface area contributed by atoms with Crippen LogP contribution in [0.3, 0.4) is 0 Å². The molecule has 4 aliphatic rings. The van der Waals surface area contributed by atoms with Gasteiger partial charge in [-0.25, -0.2) is 10.3 Å². The summed E-state index contributed by atoms with van der Waals surface area (Å²) in [4.78, 5) is 35.2. The van der Waals surface area contributed by atoms with Gasteiger partial charge in [0, 0.05) is 12.1 Å². The zero-order chi connectivity index (χ0) is 29.2. The molecule has 15 nitrogen and oxygen atoms in total. The summed E-state index contributed by atoms with van der Waals surface area (Å²) in [5, 5.41) is 39.3. The topological polar surface area (TPSA) is 227 Å². The number of aromatic nitrogens is 2. The lowest BCUT2D eigenvalue weighted by molar-refractivity contribution is -0.521. The SMILES string of the molecule is CC1(C)CCOc2c(C(=O)NC3CN4C(N)=N[C@@H](CNC(=O)c5ccnnc5)[C@@H]5[NH+]=C(N)NC54C3(O)O)cccc21. The molecule has 6 rings (SSSR count). The molecule has 1 spiro atoms. The van der Waals surface area contributed by atoms with E-state index in [0.29, 0.717) is 23.5 Å². The lowest BCUT2D eigenvalue weighted by Crippen LogP contribution is -2.90. The van der Waals surface area contributed by atoms with Gasteiger partial charge in [0.2, 0.25) is 5.79 Å². The number of carbonyl (C=O) groups excluding carboxylic acids is 2. The summed E-state index contributed by atoms with van der Waals surface area (Å²) in [7, 11) is 0. The number of amides is 2. The Labute approximate surface area is 235 Å². The van der Waals surface area contributed by atoms with E-state index in [1.54, 1.807) is 12.1 Å². The van der Waals surface area contributed by atoms with Crippen molar-refractivity contribution >= 4 is 23.7 Å². The fraction of sp³-hybridized carbons (Fsp3) is 0.462. The Bertz CT molecular complexity index is 1460. The Morgan fingerprint density at radius 3 is 2.78 bits per heavy atom. The average Bonchev–Trinajstić information content (AvgIpc) is 3.41. The Balaban J connectivity index is 1.27. The van der Waals surface area contributed by atoms with E-state index in [4.69, 9.17) is 16.2 Å². The van der Waals surface area contributed by atoms with Gasteiger partial charge in [0.1, 0.15) is 17.8 Å². The first-order valence-corrected chi connectivity index (χ1v) is 13.3. The Morgan fingerprint density at radius 1 is 1.22 bits per heavy atom. The number of hydrogen-bond acceptors (Lipinski definition) is 12. The van der Waals surface area contributed by atoms with Gasteiger partial charge < -0.3 is 31.3 Å². The molecule has 2 unspecified atom stereocenters. The van der Waals surface area contributed by atoms with Gasteiger partial charge in [0.25, 0.3) is 17.5 Å². The van der Waals surface area contributed by atoms with Gasteiger partial charge in [-0.05, 0) is 24.0 Å². The molecule has 2 aromatic rings. The van der Waals surface area contributed by atoms with Gasteiger partial charge in [-0.15, -0.1) is 0 Å². The van der Waals surface area contributed by atoms with Crippen molar-refractivity contribution in [2.45, 2.75) is 55.3 Å². The van der Waals surface area contributed by atoms with Crippen molar-refractivity contribution in [1.82, 2.24) is 31.0 Å². The number of ether oxygens (including phenoxy) is 1. The van der Waals surface area contributed by atoms with Crippen LogP contribution in [-0.2, 0) is 5.41 Å². The van der Waals surface area contributed by atoms with E-state index in [1.165, 1.54) is 23.4 Å². The minimum absolute atomic E-state index is 0.0125. The second-order valence-corrected chi connectivity index (χ2v) is 11.4. The highest BCUT2D eigenvalue weighted by Gasteiger charge is 2.76. The van der Waals surface area contributed by atoms with Gasteiger partial charge in [-0.1, -0.05) is 26.0 Å². The van der Waals surface area contributed by atoms with Crippen LogP contribution in [0.2, 0.25) is 0 Å². The number of guanidine groups is 2. The van der Waals surface area contributed by atoms with Crippen LogP contribution in [0.1, 0.15) is 46.5 Å². The number of benzene rings is 1. The second-order valence-electron chi connectivity index (χ2n) is 11.4. The normalized spacial score (nSPS) is 28.6. The van der Waals surface area contributed by atoms with Crippen LogP contribution >= 0.6 is 0 Å². The van der Waals surface area contributed by atoms with E-state index in [0.717, 1.165) is 12.0 Å². The maximum absolute atomic E-state index is 13.6. The number of aliphatic hydroxyl groups is 2. The lowest BCUT2D eigenvalue weighted by atomic mass is 9.79. The summed E-state index contributed by atoms with van der Waals surface area (Å²) in [5.74, 6) is -3.01. The number of hydrogen-bond donors (Lipinski definition) is 8. The molecular formula is C26H33N10O5+. The first-order chi connectivity index (χ1) is 19.5. The summed E-state index contributed by atoms with van der Waals surface area (Å²) < 4.78 is 5.89. The van der Waals surface area contributed by atoms with Crippen molar-refractivity contribution in [3.8, 4) is 5.75 Å². The number of carbonyl (C=O) groups is 2. The van der Waals surface area contributed by atoms with Crippen molar-refractivity contribution in [3.63, 3.8) is 0 Å². The van der Waals surface area contributed by atoms with E-state index < -0.39 is 41.4 Å². The van der Waals surface area contributed by atoms with Crippen molar-refractivity contribution < 1.29 is 29.5 Å². The number of fused-ring (bicyclic) bond motifs is 1. The Hall–Kier alpha value is -4.50. The first kappa shape index (κ1) is 26.7. The molecule has 0 radical (unpaired) electrons. The van der Waals surface area contributed by atoms with Gasteiger partial charge in [-0.2, -0.15) is 10.2 Å². The summed E-state index contributed by atoms with van der Waals surface area (Å²) >= 11 is 0. The highest BCUT2D eigenvalue weighted by Crippen LogP contribution is 2.43. The molecule has 1 fully saturated rings. The third-order valence-corrected chi connectivity index (χ3v) is 8.47. The minimum Gasteiger partial charge on any atom is -0.492 e. The minimum atomic E-state index is -2.59. The van der Waals surface area contributed by atoms with E-state index in [9.17, 15) is 19.8 Å². The van der Waals surface area contributed by atoms with Gasteiger partial charge >= 0.3 is 5.96 Å². The fourth-order valence-electron chi connectivity index (χ4n) is 6.25. The smallest absolute Gasteiger partial charge is 0.343 e. The molecule has 5 heterocycles. The van der Waals surface area contributed by atoms with Crippen LogP contribution in [0.5, 0.6) is 5.75 Å². The van der Waals surface area contributed by atoms with Crippen molar-refractivity contribution in [1.29, 1.82) is 0 Å². The molecule has 1 aromatic heterocycles. The summed E-state index contributed by atoms with van der Waals surface area (Å²) in [6.45, 7) is 4.54. The summed E-state index contributed by atoms with van der Waals surface area (Å²) in [6.07, 6.45) is 3.53. The standard InChI is InChI=1S/C26H32N10O5/c1-24(2)7-9-41-18-14(4-3-5-15(18)24)21(38)33-17-12-36-23(28)32-16(11-29-20(37)13-6-8-30-31-10-13)19-25(36,26(17,39)40)35-22(27)34-19/h3-6,8,10,16-17,19,39-40H,7,9,11-12H2,1-2H3,(H2,28,32)(H,29,37)(H,33,38)(H3,27,34,35)/p+1/t16-,17?,19-,25?/m0/s1. The molecule has 0 aliphatic carbocycles. The number of aliphatic imine (C=N–C) groups is 1. The van der Waals surface area contributed by atoms with Gasteiger partial charge in [0.05, 0.1) is 36.7 Å². The Morgan fingerprint density at radius 2 is 2.02 bits per heavy atom. The van der Waals surface area contributed by atoms with E-state index in [1.807, 2.05) is 6.07 Å². The third kappa shape index (κ3) is 4.02. The predicted molar refractivity (Wildman–Crippen MR) is 144 cm³/mol. The van der Waals surface area contributed by atoms with Crippen LogP contribution in [0.4, 0.5) is 0 Å². The van der Waals surface area contributed by atoms with Crippen molar-refractivity contribution in [2.75, 3.05) is 19.7 Å². The van der Waals surface area contributed by atoms with Crippen LogP contribution in [0.25, 0.3) is 0 Å². The predicted octanol–water partition coefficient (Wildman–Crippen LogP) is -4.18. The molecule has 0 bridgehead atoms. The van der Waals surface area contributed by atoms with Crippen LogP contribution in [0.15, 0.2) is 41.7 Å². The molecule has 0 saturated carbocycles. The number of para-hydroxylation sites is 1. The van der Waals surface area contributed by atoms with E-state index in [2.05, 4.69) is 50.0 Å². The zero-order valence-corrected chi connectivity index (χ0v) is 22.6. The molecule has 10 N–H and O–H groups in total. The molecule has 2 amide bonds. The largest absolute Gasteiger partial charge is 0.492 e. The summed E-state index contributed by atoms with van der Waals surface area (Å²) in [6, 6.07) is 4.04. The molecule has 1 saturated heterocycles. The maximum atomic E-state index is 13.6. The quantitative estimate of drug-likeness (QED) is 0.162. The fourth-order valence-corrected chi connectivity index (χ4v) is 6.25. The van der Waals surface area contributed by atoms with Crippen molar-refractivity contribution in [2.24, 2.45) is 16.5 Å². The zero-order valence-electron chi connectivity index (χ0n) is 22.6.